The SMILES string of the molecule is I.c1cnc(N2CCC(NC(=NCCc3cccs3)NCCc3ccco3)CC2)nc1. The maximum absolute atomic E-state index is 5.43. The molecule has 0 spiro atoms. The van der Waals surface area contributed by atoms with Crippen LogP contribution in [-0.4, -0.2) is 48.1 Å². The van der Waals surface area contributed by atoms with Crippen molar-refractivity contribution in [1.29, 1.82) is 0 Å². The highest BCUT2D eigenvalue weighted by Gasteiger charge is 2.21. The number of guanidine groups is 1. The molecule has 0 aliphatic carbocycles. The van der Waals surface area contributed by atoms with E-state index in [0.29, 0.717) is 6.04 Å². The van der Waals surface area contributed by atoms with Gasteiger partial charge in [0.1, 0.15) is 5.76 Å². The van der Waals surface area contributed by atoms with Crippen LogP contribution in [0.4, 0.5) is 5.95 Å². The number of nitrogens with one attached hydrogen (secondary N) is 2. The van der Waals surface area contributed by atoms with E-state index in [9.17, 15) is 0 Å². The fourth-order valence-electron chi connectivity index (χ4n) is 3.52. The molecule has 3 aromatic heterocycles. The molecule has 31 heavy (non-hydrogen) atoms. The molecule has 2 N–H and O–H groups in total. The number of halogens is 1. The predicted octanol–water partition coefficient (Wildman–Crippen LogP) is 3.74. The average molecular weight is 552 g/mol. The highest BCUT2D eigenvalue weighted by atomic mass is 127. The van der Waals surface area contributed by atoms with E-state index in [-0.39, 0.29) is 24.0 Å². The van der Waals surface area contributed by atoms with Crippen LogP contribution in [0, 0.1) is 0 Å². The molecule has 7 nitrogen and oxygen atoms in total. The Bertz CT molecular complexity index is 880. The van der Waals surface area contributed by atoms with Crippen LogP contribution in [0.2, 0.25) is 0 Å². The van der Waals surface area contributed by atoms with Crippen LogP contribution in [0.3, 0.4) is 0 Å². The second-order valence-corrected chi connectivity index (χ2v) is 8.30. The largest absolute Gasteiger partial charge is 0.469 e. The van der Waals surface area contributed by atoms with Crippen molar-refractivity contribution in [2.75, 3.05) is 31.1 Å². The molecule has 0 atom stereocenters. The third kappa shape index (κ3) is 7.49. The van der Waals surface area contributed by atoms with Gasteiger partial charge in [0.05, 0.1) is 6.26 Å². The van der Waals surface area contributed by atoms with E-state index >= 15 is 0 Å². The molecule has 0 aromatic carbocycles. The molecule has 1 fully saturated rings. The zero-order valence-electron chi connectivity index (χ0n) is 17.4. The van der Waals surface area contributed by atoms with Gasteiger partial charge in [0.25, 0.3) is 0 Å². The van der Waals surface area contributed by atoms with Gasteiger partial charge in [-0.15, -0.1) is 35.3 Å². The van der Waals surface area contributed by atoms with Gasteiger partial charge in [-0.1, -0.05) is 6.07 Å². The summed E-state index contributed by atoms with van der Waals surface area (Å²) < 4.78 is 5.43. The molecular weight excluding hydrogens is 523 g/mol. The summed E-state index contributed by atoms with van der Waals surface area (Å²) in [4.78, 5) is 17.2. The van der Waals surface area contributed by atoms with Gasteiger partial charge in [0, 0.05) is 62.3 Å². The van der Waals surface area contributed by atoms with Crippen molar-refractivity contribution in [1.82, 2.24) is 20.6 Å². The molecule has 3 aromatic rings. The maximum atomic E-state index is 5.43. The summed E-state index contributed by atoms with van der Waals surface area (Å²) in [5.41, 5.74) is 0. The number of piperidine rings is 1. The van der Waals surface area contributed by atoms with Crippen LogP contribution in [-0.2, 0) is 12.8 Å². The molecule has 0 amide bonds. The number of thiophene rings is 1. The second kappa shape index (κ2) is 12.7. The van der Waals surface area contributed by atoms with E-state index in [1.165, 1.54) is 4.88 Å². The summed E-state index contributed by atoms with van der Waals surface area (Å²) in [6.45, 7) is 3.44. The van der Waals surface area contributed by atoms with Crippen LogP contribution in [0.15, 0.2) is 63.8 Å². The Labute approximate surface area is 204 Å². The Morgan fingerprint density at radius 1 is 1.13 bits per heavy atom. The van der Waals surface area contributed by atoms with Crippen LogP contribution in [0.5, 0.6) is 0 Å². The van der Waals surface area contributed by atoms with Crippen molar-refractivity contribution >= 4 is 47.2 Å². The first-order valence-electron chi connectivity index (χ1n) is 10.5. The van der Waals surface area contributed by atoms with Gasteiger partial charge in [-0.3, -0.25) is 4.99 Å². The Morgan fingerprint density at radius 2 is 1.97 bits per heavy atom. The number of hydrogen-bond donors (Lipinski definition) is 2. The smallest absolute Gasteiger partial charge is 0.225 e. The molecule has 1 saturated heterocycles. The first kappa shape index (κ1) is 23.5. The minimum atomic E-state index is 0. The summed E-state index contributed by atoms with van der Waals surface area (Å²) in [7, 11) is 0. The number of aromatic nitrogens is 2. The van der Waals surface area contributed by atoms with Crippen molar-refractivity contribution in [2.45, 2.75) is 31.7 Å². The molecule has 1 aliphatic rings. The third-order valence-corrected chi connectivity index (χ3v) is 6.06. The van der Waals surface area contributed by atoms with Gasteiger partial charge in [0.2, 0.25) is 5.95 Å². The van der Waals surface area contributed by atoms with Gasteiger partial charge in [0.15, 0.2) is 5.96 Å². The number of furan rings is 1. The van der Waals surface area contributed by atoms with Crippen LogP contribution in [0.25, 0.3) is 0 Å². The van der Waals surface area contributed by atoms with E-state index in [0.717, 1.165) is 69.5 Å². The summed E-state index contributed by atoms with van der Waals surface area (Å²) in [5.74, 6) is 2.68. The normalized spacial score (nSPS) is 14.8. The lowest BCUT2D eigenvalue weighted by molar-refractivity contribution is 0.456. The highest BCUT2D eigenvalue weighted by Crippen LogP contribution is 2.15. The lowest BCUT2D eigenvalue weighted by atomic mass is 10.1. The molecule has 0 saturated carbocycles. The second-order valence-electron chi connectivity index (χ2n) is 7.27. The number of aliphatic imine (C=N–C) groups is 1. The van der Waals surface area contributed by atoms with Crippen molar-refractivity contribution in [2.24, 2.45) is 4.99 Å². The Hall–Kier alpha value is -2.14. The van der Waals surface area contributed by atoms with Crippen molar-refractivity contribution in [3.05, 3.63) is 65.0 Å². The van der Waals surface area contributed by atoms with Gasteiger partial charge < -0.3 is 20.0 Å². The molecule has 0 bridgehead atoms. The first-order valence-corrected chi connectivity index (χ1v) is 11.4. The molecular formula is C22H29IN6OS. The van der Waals surface area contributed by atoms with Crippen molar-refractivity contribution in [3.63, 3.8) is 0 Å². The summed E-state index contributed by atoms with van der Waals surface area (Å²) in [5, 5.41) is 9.22. The Morgan fingerprint density at radius 3 is 2.68 bits per heavy atom. The predicted molar refractivity (Wildman–Crippen MR) is 137 cm³/mol. The standard InChI is InChI=1S/C22H28N6OS.HI/c1-4-19(29-16-1)6-12-23-21(24-13-7-20-5-2-17-30-20)27-18-8-14-28(15-9-18)22-25-10-3-11-26-22;/h1-5,10-11,16-18H,6-9,12-15H2,(H2,23,24,27);1H. The number of hydrogen-bond acceptors (Lipinski definition) is 6. The van der Waals surface area contributed by atoms with E-state index in [1.807, 2.05) is 18.2 Å². The highest BCUT2D eigenvalue weighted by molar-refractivity contribution is 14.0. The van der Waals surface area contributed by atoms with Crippen LogP contribution < -0.4 is 15.5 Å². The zero-order chi connectivity index (χ0) is 20.4. The molecule has 0 unspecified atom stereocenters. The van der Waals surface area contributed by atoms with E-state index < -0.39 is 0 Å². The first-order chi connectivity index (χ1) is 14.9. The molecule has 0 radical (unpaired) electrons. The summed E-state index contributed by atoms with van der Waals surface area (Å²) in [6, 6.07) is 10.4. The minimum Gasteiger partial charge on any atom is -0.469 e. The minimum absolute atomic E-state index is 0. The fraction of sp³-hybridized carbons (Fsp3) is 0.409. The molecule has 166 valence electrons. The Kier molecular flexibility index (Phi) is 9.60. The van der Waals surface area contributed by atoms with Gasteiger partial charge in [-0.2, -0.15) is 0 Å². The van der Waals surface area contributed by atoms with Gasteiger partial charge in [-0.25, -0.2) is 9.97 Å². The van der Waals surface area contributed by atoms with Crippen molar-refractivity contribution < 1.29 is 4.42 Å². The molecule has 4 rings (SSSR count). The molecule has 9 heteroatoms. The molecule has 4 heterocycles. The lowest BCUT2D eigenvalue weighted by Crippen LogP contribution is -2.49. The lowest BCUT2D eigenvalue weighted by Gasteiger charge is -2.33. The van der Waals surface area contributed by atoms with E-state index in [1.54, 1.807) is 30.0 Å². The van der Waals surface area contributed by atoms with E-state index in [4.69, 9.17) is 9.41 Å². The summed E-state index contributed by atoms with van der Waals surface area (Å²) in [6.07, 6.45) is 9.18. The average Bonchev–Trinajstić information content (AvgIpc) is 3.49. The van der Waals surface area contributed by atoms with Gasteiger partial charge >= 0.3 is 0 Å². The monoisotopic (exact) mass is 552 g/mol. The van der Waals surface area contributed by atoms with Crippen molar-refractivity contribution in [3.8, 4) is 0 Å². The zero-order valence-corrected chi connectivity index (χ0v) is 20.6. The van der Waals surface area contributed by atoms with Gasteiger partial charge in [-0.05, 0) is 42.5 Å². The van der Waals surface area contributed by atoms with E-state index in [2.05, 4.69) is 43.0 Å². The number of rotatable bonds is 8. The fourth-order valence-corrected chi connectivity index (χ4v) is 4.21. The summed E-state index contributed by atoms with van der Waals surface area (Å²) >= 11 is 1.78. The third-order valence-electron chi connectivity index (χ3n) is 5.12. The number of anilines is 1. The quantitative estimate of drug-likeness (QED) is 0.252. The van der Waals surface area contributed by atoms with Crippen LogP contribution in [0.1, 0.15) is 23.5 Å². The van der Waals surface area contributed by atoms with Crippen LogP contribution >= 0.6 is 35.3 Å². The number of nitrogens with zero attached hydrogens (tertiary/aromatic N) is 4. The Balaban J connectivity index is 0.00000272. The molecule has 1 aliphatic heterocycles. The topological polar surface area (TPSA) is 78.6 Å². The maximum Gasteiger partial charge on any atom is 0.225 e.